The van der Waals surface area contributed by atoms with Gasteiger partial charge in [-0.2, -0.15) is 0 Å². The van der Waals surface area contributed by atoms with Crippen molar-refractivity contribution in [2.24, 2.45) is 5.92 Å². The highest BCUT2D eigenvalue weighted by Crippen LogP contribution is 2.21. The molecule has 7 nitrogen and oxygen atoms in total. The molecule has 2 rings (SSSR count). The third kappa shape index (κ3) is 5.26. The molecule has 1 aliphatic heterocycles. The Morgan fingerprint density at radius 1 is 1.35 bits per heavy atom. The van der Waals surface area contributed by atoms with Crippen molar-refractivity contribution >= 4 is 15.9 Å². The van der Waals surface area contributed by atoms with E-state index in [4.69, 9.17) is 4.74 Å². The second-order valence-corrected chi connectivity index (χ2v) is 8.74. The number of carbonyl (C=O) groups excluding carboxylic acids is 1. The van der Waals surface area contributed by atoms with Crippen molar-refractivity contribution in [2.75, 3.05) is 54.0 Å². The molecule has 1 fully saturated rings. The lowest BCUT2D eigenvalue weighted by molar-refractivity contribution is 0.0963. The molecule has 0 saturated carbocycles. The van der Waals surface area contributed by atoms with Crippen molar-refractivity contribution in [1.29, 1.82) is 0 Å². The maximum Gasteiger partial charge on any atom is 0.251 e. The highest BCUT2D eigenvalue weighted by molar-refractivity contribution is 7.89. The fourth-order valence-electron chi connectivity index (χ4n) is 3.29. The van der Waals surface area contributed by atoms with Crippen LogP contribution < -0.4 is 5.32 Å². The average molecular weight is 384 g/mol. The second-order valence-electron chi connectivity index (χ2n) is 6.69. The molecule has 1 unspecified atom stereocenters. The molecule has 1 saturated heterocycles. The van der Waals surface area contributed by atoms with E-state index in [1.54, 1.807) is 21.2 Å². The summed E-state index contributed by atoms with van der Waals surface area (Å²) in [4.78, 5) is 14.1. The molecule has 26 heavy (non-hydrogen) atoms. The van der Waals surface area contributed by atoms with Crippen molar-refractivity contribution in [2.45, 2.75) is 17.7 Å². The van der Waals surface area contributed by atoms with Crippen molar-refractivity contribution in [3.8, 4) is 0 Å². The third-order valence-corrected chi connectivity index (χ3v) is 6.62. The van der Waals surface area contributed by atoms with Crippen LogP contribution in [0, 0.1) is 5.92 Å². The Labute approximate surface area is 156 Å². The first-order valence-corrected chi connectivity index (χ1v) is 10.3. The summed E-state index contributed by atoms with van der Waals surface area (Å²) in [6.45, 7) is 3.99. The zero-order valence-corrected chi connectivity index (χ0v) is 16.6. The minimum Gasteiger partial charge on any atom is -0.383 e. The van der Waals surface area contributed by atoms with Gasteiger partial charge in [0, 0.05) is 46.4 Å². The van der Waals surface area contributed by atoms with Crippen molar-refractivity contribution < 1.29 is 17.9 Å². The Kier molecular flexibility index (Phi) is 7.57. The van der Waals surface area contributed by atoms with Gasteiger partial charge < -0.3 is 15.0 Å². The zero-order valence-electron chi connectivity index (χ0n) is 15.8. The molecule has 146 valence electrons. The summed E-state index contributed by atoms with van der Waals surface area (Å²) in [6.07, 6.45) is 2.10. The Bertz CT molecular complexity index is 691. The van der Waals surface area contributed by atoms with Crippen LogP contribution in [0.4, 0.5) is 0 Å². The summed E-state index contributed by atoms with van der Waals surface area (Å²) in [5.41, 5.74) is 0.440. The first kappa shape index (κ1) is 20.8. The van der Waals surface area contributed by atoms with E-state index < -0.39 is 10.0 Å². The minimum atomic E-state index is -3.56. The number of sulfonamides is 1. The van der Waals surface area contributed by atoms with Crippen LogP contribution in [0.5, 0.6) is 0 Å². The van der Waals surface area contributed by atoms with E-state index in [0.29, 0.717) is 24.6 Å². The fourth-order valence-corrected chi connectivity index (χ4v) is 4.54. The fraction of sp³-hybridized carbons (Fsp3) is 0.611. The Balaban J connectivity index is 2.00. The lowest BCUT2D eigenvalue weighted by Gasteiger charge is -2.34. The summed E-state index contributed by atoms with van der Waals surface area (Å²) in [6, 6.07) is 6.05. The van der Waals surface area contributed by atoms with Gasteiger partial charge in [0.25, 0.3) is 5.91 Å². The van der Waals surface area contributed by atoms with E-state index >= 15 is 0 Å². The highest BCUT2D eigenvalue weighted by atomic mass is 32.2. The molecule has 1 heterocycles. The standard InChI is InChI=1S/C18H29N3O4S/c1-19-18(22)16-6-8-17(9-7-16)26(23,24)20(2)13-15-5-4-10-21(14-15)11-12-25-3/h6-9,15H,4-5,10-14H2,1-3H3,(H,19,22). The summed E-state index contributed by atoms with van der Waals surface area (Å²) < 4.78 is 32.2. The predicted molar refractivity (Wildman–Crippen MR) is 101 cm³/mol. The molecule has 0 aliphatic carbocycles. The summed E-state index contributed by atoms with van der Waals surface area (Å²) in [5.74, 6) is 0.0752. The van der Waals surface area contributed by atoms with Gasteiger partial charge >= 0.3 is 0 Å². The summed E-state index contributed by atoms with van der Waals surface area (Å²) in [7, 11) is 1.29. The van der Waals surface area contributed by atoms with E-state index in [1.165, 1.54) is 28.6 Å². The number of benzene rings is 1. The first-order chi connectivity index (χ1) is 12.4. The van der Waals surface area contributed by atoms with Crippen LogP contribution in [-0.4, -0.2) is 77.5 Å². The van der Waals surface area contributed by atoms with Crippen LogP contribution in [0.1, 0.15) is 23.2 Å². The lowest BCUT2D eigenvalue weighted by atomic mass is 9.98. The highest BCUT2D eigenvalue weighted by Gasteiger charge is 2.27. The lowest BCUT2D eigenvalue weighted by Crippen LogP contribution is -2.42. The van der Waals surface area contributed by atoms with Gasteiger partial charge in [-0.1, -0.05) is 0 Å². The van der Waals surface area contributed by atoms with E-state index in [2.05, 4.69) is 10.2 Å². The van der Waals surface area contributed by atoms with Crippen LogP contribution in [-0.2, 0) is 14.8 Å². The molecule has 0 radical (unpaired) electrons. The van der Waals surface area contributed by atoms with Gasteiger partial charge in [0.2, 0.25) is 10.0 Å². The molecule has 1 aromatic carbocycles. The number of ether oxygens (including phenoxy) is 1. The number of hydrogen-bond donors (Lipinski definition) is 1. The number of hydrogen-bond acceptors (Lipinski definition) is 5. The molecule has 8 heteroatoms. The number of amides is 1. The normalized spacial score (nSPS) is 18.8. The Morgan fingerprint density at radius 3 is 2.65 bits per heavy atom. The first-order valence-electron chi connectivity index (χ1n) is 8.88. The molecular formula is C18H29N3O4S. The monoisotopic (exact) mass is 383 g/mol. The molecule has 0 bridgehead atoms. The van der Waals surface area contributed by atoms with E-state index in [1.807, 2.05) is 0 Å². The van der Waals surface area contributed by atoms with Gasteiger partial charge in [0.1, 0.15) is 0 Å². The van der Waals surface area contributed by atoms with Crippen molar-refractivity contribution in [1.82, 2.24) is 14.5 Å². The molecule has 0 aromatic heterocycles. The van der Waals surface area contributed by atoms with Crippen LogP contribution in [0.25, 0.3) is 0 Å². The van der Waals surface area contributed by atoms with Gasteiger partial charge in [0.15, 0.2) is 0 Å². The zero-order chi connectivity index (χ0) is 19.2. The minimum absolute atomic E-state index is 0.208. The summed E-state index contributed by atoms with van der Waals surface area (Å²) >= 11 is 0. The predicted octanol–water partition coefficient (Wildman–Crippen LogP) is 1.03. The maximum absolute atomic E-state index is 12.8. The summed E-state index contributed by atoms with van der Waals surface area (Å²) in [5, 5.41) is 2.52. The molecule has 1 aromatic rings. The Morgan fingerprint density at radius 2 is 2.04 bits per heavy atom. The molecule has 0 spiro atoms. The molecule has 1 amide bonds. The SMILES string of the molecule is CNC(=O)c1ccc(S(=O)(=O)N(C)CC2CCCN(CCOC)C2)cc1. The number of methoxy groups -OCH3 is 1. The largest absolute Gasteiger partial charge is 0.383 e. The van der Waals surface area contributed by atoms with Crippen LogP contribution in [0.2, 0.25) is 0 Å². The van der Waals surface area contributed by atoms with E-state index in [9.17, 15) is 13.2 Å². The smallest absolute Gasteiger partial charge is 0.251 e. The maximum atomic E-state index is 12.8. The number of rotatable bonds is 8. The van der Waals surface area contributed by atoms with E-state index in [-0.39, 0.29) is 10.8 Å². The van der Waals surface area contributed by atoms with Crippen molar-refractivity contribution in [3.63, 3.8) is 0 Å². The molecular weight excluding hydrogens is 354 g/mol. The van der Waals surface area contributed by atoms with Gasteiger partial charge in [-0.15, -0.1) is 0 Å². The number of nitrogens with one attached hydrogen (secondary N) is 1. The van der Waals surface area contributed by atoms with Crippen molar-refractivity contribution in [3.05, 3.63) is 29.8 Å². The van der Waals surface area contributed by atoms with E-state index in [0.717, 1.165) is 32.5 Å². The van der Waals surface area contributed by atoms with Gasteiger partial charge in [-0.25, -0.2) is 12.7 Å². The third-order valence-electron chi connectivity index (χ3n) is 4.78. The quantitative estimate of drug-likeness (QED) is 0.725. The van der Waals surface area contributed by atoms with Gasteiger partial charge in [-0.05, 0) is 49.6 Å². The second kappa shape index (κ2) is 9.45. The average Bonchev–Trinajstić information content (AvgIpc) is 2.66. The topological polar surface area (TPSA) is 79.0 Å². The number of piperidine rings is 1. The van der Waals surface area contributed by atoms with Crippen LogP contribution in [0.15, 0.2) is 29.2 Å². The Hall–Kier alpha value is -1.48. The number of nitrogens with zero attached hydrogens (tertiary/aromatic N) is 2. The molecule has 1 aliphatic rings. The van der Waals surface area contributed by atoms with Gasteiger partial charge in [-0.3, -0.25) is 4.79 Å². The van der Waals surface area contributed by atoms with Gasteiger partial charge in [0.05, 0.1) is 11.5 Å². The number of likely N-dealkylation sites (tertiary alicyclic amines) is 1. The van der Waals surface area contributed by atoms with Crippen LogP contribution >= 0.6 is 0 Å². The number of carbonyl (C=O) groups is 1. The molecule has 1 atom stereocenters. The van der Waals surface area contributed by atoms with Crippen LogP contribution in [0.3, 0.4) is 0 Å². The molecule has 1 N–H and O–H groups in total.